The van der Waals surface area contributed by atoms with E-state index in [0.29, 0.717) is 6.54 Å². The van der Waals surface area contributed by atoms with Gasteiger partial charge < -0.3 is 14.8 Å². The molecule has 0 radical (unpaired) electrons. The third-order valence-electron chi connectivity index (χ3n) is 3.19. The van der Waals surface area contributed by atoms with Gasteiger partial charge in [-0.1, -0.05) is 30.3 Å². The number of amides is 1. The summed E-state index contributed by atoms with van der Waals surface area (Å²) in [5.41, 5.74) is 1.88. The Labute approximate surface area is 130 Å². The number of hydrogen-bond acceptors (Lipinski definition) is 3. The fraction of sp³-hybridized carbons (Fsp3) is 0.167. The van der Waals surface area contributed by atoms with Crippen molar-refractivity contribution in [3.05, 3.63) is 65.7 Å². The Morgan fingerprint density at radius 2 is 1.77 bits per heavy atom. The maximum atomic E-state index is 11.8. The van der Waals surface area contributed by atoms with Crippen molar-refractivity contribution in [2.75, 3.05) is 14.2 Å². The van der Waals surface area contributed by atoms with Gasteiger partial charge in [0.2, 0.25) is 5.91 Å². The molecule has 2 aromatic carbocycles. The van der Waals surface area contributed by atoms with E-state index >= 15 is 0 Å². The van der Waals surface area contributed by atoms with Crippen LogP contribution < -0.4 is 14.8 Å². The van der Waals surface area contributed by atoms with Crippen molar-refractivity contribution in [2.24, 2.45) is 0 Å². The molecule has 0 atom stereocenters. The van der Waals surface area contributed by atoms with Crippen molar-refractivity contribution in [1.82, 2.24) is 5.32 Å². The van der Waals surface area contributed by atoms with Crippen molar-refractivity contribution in [2.45, 2.75) is 6.54 Å². The normalized spacial score (nSPS) is 10.5. The molecule has 4 heteroatoms. The first-order valence-corrected chi connectivity index (χ1v) is 6.95. The van der Waals surface area contributed by atoms with Gasteiger partial charge in [-0.25, -0.2) is 0 Å². The summed E-state index contributed by atoms with van der Waals surface area (Å²) in [5.74, 6) is 1.40. The van der Waals surface area contributed by atoms with Crippen molar-refractivity contribution in [3.63, 3.8) is 0 Å². The van der Waals surface area contributed by atoms with Crippen LogP contribution in [0.15, 0.2) is 54.6 Å². The molecule has 1 amide bonds. The molecule has 0 saturated heterocycles. The summed E-state index contributed by atoms with van der Waals surface area (Å²) in [4.78, 5) is 11.8. The highest BCUT2D eigenvalue weighted by molar-refractivity contribution is 5.91. The molecule has 2 rings (SSSR count). The summed E-state index contributed by atoms with van der Waals surface area (Å²) in [7, 11) is 3.24. The Kier molecular flexibility index (Phi) is 5.60. The van der Waals surface area contributed by atoms with Gasteiger partial charge in [0, 0.05) is 18.2 Å². The first-order chi connectivity index (χ1) is 10.7. The number of methoxy groups -OCH3 is 2. The highest BCUT2D eigenvalue weighted by atomic mass is 16.5. The molecule has 0 bridgehead atoms. The minimum atomic E-state index is -0.151. The minimum Gasteiger partial charge on any atom is -0.497 e. The van der Waals surface area contributed by atoms with Crippen LogP contribution in [0.4, 0.5) is 0 Å². The van der Waals surface area contributed by atoms with E-state index in [2.05, 4.69) is 5.32 Å². The van der Waals surface area contributed by atoms with Gasteiger partial charge in [-0.05, 0) is 29.8 Å². The summed E-state index contributed by atoms with van der Waals surface area (Å²) in [6.07, 6.45) is 3.27. The molecule has 0 saturated carbocycles. The Morgan fingerprint density at radius 1 is 1.05 bits per heavy atom. The van der Waals surface area contributed by atoms with Crippen LogP contribution in [0.3, 0.4) is 0 Å². The molecule has 0 unspecified atom stereocenters. The van der Waals surface area contributed by atoms with Crippen LogP contribution in [0.1, 0.15) is 11.1 Å². The molecule has 114 valence electrons. The number of benzene rings is 2. The Morgan fingerprint density at radius 3 is 2.45 bits per heavy atom. The van der Waals surface area contributed by atoms with E-state index in [1.807, 2.05) is 48.5 Å². The smallest absolute Gasteiger partial charge is 0.244 e. The van der Waals surface area contributed by atoms with Crippen molar-refractivity contribution < 1.29 is 14.3 Å². The maximum Gasteiger partial charge on any atom is 0.244 e. The molecule has 0 fully saturated rings. The average molecular weight is 297 g/mol. The Balaban J connectivity index is 1.90. The molecule has 0 spiro atoms. The first kappa shape index (κ1) is 15.6. The van der Waals surface area contributed by atoms with E-state index in [-0.39, 0.29) is 5.91 Å². The molecular formula is C18H19NO3. The van der Waals surface area contributed by atoms with Crippen LogP contribution in [0.25, 0.3) is 6.08 Å². The lowest BCUT2D eigenvalue weighted by molar-refractivity contribution is -0.116. The van der Waals surface area contributed by atoms with Gasteiger partial charge in [-0.15, -0.1) is 0 Å². The summed E-state index contributed by atoms with van der Waals surface area (Å²) < 4.78 is 10.3. The lowest BCUT2D eigenvalue weighted by atomic mass is 10.2. The first-order valence-electron chi connectivity index (χ1n) is 6.95. The molecule has 2 aromatic rings. The van der Waals surface area contributed by atoms with Crippen LogP contribution in [0, 0.1) is 0 Å². The third-order valence-corrected chi connectivity index (χ3v) is 3.19. The molecular weight excluding hydrogens is 278 g/mol. The SMILES string of the molecule is COc1ccc(C=CC(=O)NCc2ccccc2OC)cc1. The molecule has 0 aromatic heterocycles. The van der Waals surface area contributed by atoms with Gasteiger partial charge in [0.1, 0.15) is 11.5 Å². The minimum absolute atomic E-state index is 0.151. The van der Waals surface area contributed by atoms with Gasteiger partial charge in [0.25, 0.3) is 0 Å². The van der Waals surface area contributed by atoms with Crippen LogP contribution in [-0.2, 0) is 11.3 Å². The molecule has 4 nitrogen and oxygen atoms in total. The summed E-state index contributed by atoms with van der Waals surface area (Å²) in [5, 5.41) is 2.84. The fourth-order valence-corrected chi connectivity index (χ4v) is 1.98. The number of hydrogen-bond donors (Lipinski definition) is 1. The van der Waals surface area contributed by atoms with Gasteiger partial charge in [0.15, 0.2) is 0 Å². The zero-order valence-electron chi connectivity index (χ0n) is 12.7. The highest BCUT2D eigenvalue weighted by Crippen LogP contribution is 2.16. The predicted molar refractivity (Wildman–Crippen MR) is 86.9 cm³/mol. The standard InChI is InChI=1S/C18H19NO3/c1-21-16-10-7-14(8-11-16)9-12-18(20)19-13-15-5-3-4-6-17(15)22-2/h3-12H,13H2,1-2H3,(H,19,20). The second-order valence-corrected chi connectivity index (χ2v) is 4.64. The summed E-state index contributed by atoms with van der Waals surface area (Å²) >= 11 is 0. The summed E-state index contributed by atoms with van der Waals surface area (Å²) in [6, 6.07) is 15.1. The summed E-state index contributed by atoms with van der Waals surface area (Å²) in [6.45, 7) is 0.426. The van der Waals surface area contributed by atoms with E-state index in [1.165, 1.54) is 6.08 Å². The lowest BCUT2D eigenvalue weighted by Crippen LogP contribution is -2.20. The van der Waals surface area contributed by atoms with Crippen LogP contribution in [0.5, 0.6) is 11.5 Å². The van der Waals surface area contributed by atoms with Gasteiger partial charge in [-0.3, -0.25) is 4.79 Å². The van der Waals surface area contributed by atoms with Crippen LogP contribution in [0.2, 0.25) is 0 Å². The Hall–Kier alpha value is -2.75. The molecule has 0 heterocycles. The quantitative estimate of drug-likeness (QED) is 0.834. The van der Waals surface area contributed by atoms with Crippen molar-refractivity contribution in [1.29, 1.82) is 0 Å². The zero-order valence-corrected chi connectivity index (χ0v) is 12.7. The van der Waals surface area contributed by atoms with Crippen LogP contribution >= 0.6 is 0 Å². The maximum absolute atomic E-state index is 11.8. The van der Waals surface area contributed by atoms with Crippen molar-refractivity contribution in [3.8, 4) is 11.5 Å². The third kappa shape index (κ3) is 4.38. The topological polar surface area (TPSA) is 47.6 Å². The molecule has 22 heavy (non-hydrogen) atoms. The number of rotatable bonds is 6. The average Bonchev–Trinajstić information content (AvgIpc) is 2.58. The van der Waals surface area contributed by atoms with E-state index in [1.54, 1.807) is 20.3 Å². The fourth-order valence-electron chi connectivity index (χ4n) is 1.98. The zero-order chi connectivity index (χ0) is 15.8. The molecule has 1 N–H and O–H groups in total. The van der Waals surface area contributed by atoms with E-state index in [4.69, 9.17) is 9.47 Å². The second kappa shape index (κ2) is 7.88. The number of para-hydroxylation sites is 1. The number of nitrogens with one attached hydrogen (secondary N) is 1. The van der Waals surface area contributed by atoms with E-state index < -0.39 is 0 Å². The number of ether oxygens (including phenoxy) is 2. The predicted octanol–water partition coefficient (Wildman–Crippen LogP) is 3.03. The lowest BCUT2D eigenvalue weighted by Gasteiger charge is -2.08. The van der Waals surface area contributed by atoms with Gasteiger partial charge in [0.05, 0.1) is 14.2 Å². The van der Waals surface area contributed by atoms with Crippen LogP contribution in [-0.4, -0.2) is 20.1 Å². The molecule has 0 aliphatic rings. The number of carbonyl (C=O) groups is 1. The van der Waals surface area contributed by atoms with Crippen molar-refractivity contribution >= 4 is 12.0 Å². The molecule has 0 aliphatic carbocycles. The highest BCUT2D eigenvalue weighted by Gasteiger charge is 2.02. The van der Waals surface area contributed by atoms with Gasteiger partial charge >= 0.3 is 0 Å². The Bertz CT molecular complexity index is 648. The monoisotopic (exact) mass is 297 g/mol. The van der Waals surface area contributed by atoms with E-state index in [0.717, 1.165) is 22.6 Å². The number of carbonyl (C=O) groups excluding carboxylic acids is 1. The largest absolute Gasteiger partial charge is 0.497 e. The van der Waals surface area contributed by atoms with E-state index in [9.17, 15) is 4.79 Å². The molecule has 0 aliphatic heterocycles. The second-order valence-electron chi connectivity index (χ2n) is 4.64. The van der Waals surface area contributed by atoms with Gasteiger partial charge in [-0.2, -0.15) is 0 Å².